The molecule has 0 saturated heterocycles. The van der Waals surface area contributed by atoms with Gasteiger partial charge in [0.25, 0.3) is 0 Å². The van der Waals surface area contributed by atoms with Gasteiger partial charge in [0.05, 0.1) is 0 Å². The topological polar surface area (TPSA) is 63.8 Å². The van der Waals surface area contributed by atoms with E-state index in [4.69, 9.17) is 5.73 Å². The van der Waals surface area contributed by atoms with E-state index in [0.717, 1.165) is 17.3 Å². The molecule has 0 aromatic carbocycles. The minimum atomic E-state index is -0.0932. The minimum Gasteiger partial charge on any atom is -0.364 e. The molecule has 0 aliphatic heterocycles. The zero-order chi connectivity index (χ0) is 11.3. The Kier molecular flexibility index (Phi) is 4.35. The standard InChI is InChI=1S/C10H18N4S/c1-4-10(2,6-11)14-8-5-9(15-3)13-7-12-8/h5,7H,4,6,11H2,1-3H3,(H,12,13,14). The molecular formula is C10H18N4S. The summed E-state index contributed by atoms with van der Waals surface area (Å²) >= 11 is 1.60. The van der Waals surface area contributed by atoms with Crippen molar-refractivity contribution in [3.8, 4) is 0 Å². The molecule has 0 aliphatic carbocycles. The van der Waals surface area contributed by atoms with Crippen LogP contribution in [0.15, 0.2) is 17.4 Å². The van der Waals surface area contributed by atoms with Crippen molar-refractivity contribution in [3.63, 3.8) is 0 Å². The molecule has 1 rings (SSSR count). The van der Waals surface area contributed by atoms with E-state index < -0.39 is 0 Å². The van der Waals surface area contributed by atoms with Gasteiger partial charge in [-0.25, -0.2) is 9.97 Å². The van der Waals surface area contributed by atoms with Crippen LogP contribution < -0.4 is 11.1 Å². The number of nitrogens with two attached hydrogens (primary N) is 1. The molecule has 0 bridgehead atoms. The van der Waals surface area contributed by atoms with Gasteiger partial charge in [0.1, 0.15) is 17.2 Å². The van der Waals surface area contributed by atoms with Gasteiger partial charge in [-0.1, -0.05) is 6.92 Å². The third kappa shape index (κ3) is 3.35. The maximum absolute atomic E-state index is 5.72. The van der Waals surface area contributed by atoms with Gasteiger partial charge in [-0.15, -0.1) is 11.8 Å². The smallest absolute Gasteiger partial charge is 0.130 e. The van der Waals surface area contributed by atoms with Gasteiger partial charge in [-0.05, 0) is 19.6 Å². The molecule has 0 saturated carbocycles. The summed E-state index contributed by atoms with van der Waals surface area (Å²) in [4.78, 5) is 8.30. The van der Waals surface area contributed by atoms with Gasteiger partial charge >= 0.3 is 0 Å². The fraction of sp³-hybridized carbons (Fsp3) is 0.600. The molecule has 5 heteroatoms. The highest BCUT2D eigenvalue weighted by atomic mass is 32.2. The molecule has 1 unspecified atom stereocenters. The summed E-state index contributed by atoms with van der Waals surface area (Å²) in [5, 5.41) is 4.30. The van der Waals surface area contributed by atoms with E-state index in [1.807, 2.05) is 12.3 Å². The van der Waals surface area contributed by atoms with E-state index in [1.54, 1.807) is 18.1 Å². The molecule has 0 amide bonds. The van der Waals surface area contributed by atoms with Crippen molar-refractivity contribution in [2.24, 2.45) is 5.73 Å². The van der Waals surface area contributed by atoms with Crippen LogP contribution in [0.2, 0.25) is 0 Å². The highest BCUT2D eigenvalue weighted by Crippen LogP contribution is 2.18. The van der Waals surface area contributed by atoms with E-state index in [0.29, 0.717) is 6.54 Å². The number of thioether (sulfide) groups is 1. The first kappa shape index (κ1) is 12.3. The zero-order valence-electron chi connectivity index (χ0n) is 9.45. The van der Waals surface area contributed by atoms with E-state index in [9.17, 15) is 0 Å². The third-order valence-electron chi connectivity index (χ3n) is 2.51. The molecule has 1 heterocycles. The molecular weight excluding hydrogens is 208 g/mol. The Morgan fingerprint density at radius 1 is 1.53 bits per heavy atom. The van der Waals surface area contributed by atoms with Crippen molar-refractivity contribution in [3.05, 3.63) is 12.4 Å². The summed E-state index contributed by atoms with van der Waals surface area (Å²) in [6.07, 6.45) is 4.52. The van der Waals surface area contributed by atoms with E-state index in [-0.39, 0.29) is 5.54 Å². The summed E-state index contributed by atoms with van der Waals surface area (Å²) in [6, 6.07) is 1.94. The summed E-state index contributed by atoms with van der Waals surface area (Å²) in [5.41, 5.74) is 5.63. The van der Waals surface area contributed by atoms with Crippen molar-refractivity contribution in [2.45, 2.75) is 30.8 Å². The van der Waals surface area contributed by atoms with Gasteiger partial charge in [-0.3, -0.25) is 0 Å². The lowest BCUT2D eigenvalue weighted by Gasteiger charge is -2.28. The average Bonchev–Trinajstić information content (AvgIpc) is 2.29. The number of hydrogen-bond donors (Lipinski definition) is 2. The second kappa shape index (κ2) is 5.32. The number of rotatable bonds is 5. The first-order chi connectivity index (χ1) is 7.13. The lowest BCUT2D eigenvalue weighted by atomic mass is 9.99. The maximum atomic E-state index is 5.72. The van der Waals surface area contributed by atoms with Crippen LogP contribution in [0.1, 0.15) is 20.3 Å². The molecule has 0 fully saturated rings. The van der Waals surface area contributed by atoms with Crippen LogP contribution in [0.25, 0.3) is 0 Å². The summed E-state index contributed by atoms with van der Waals surface area (Å²) < 4.78 is 0. The molecule has 84 valence electrons. The Morgan fingerprint density at radius 2 is 2.27 bits per heavy atom. The van der Waals surface area contributed by atoms with Crippen molar-refractivity contribution < 1.29 is 0 Å². The molecule has 15 heavy (non-hydrogen) atoms. The van der Waals surface area contributed by atoms with E-state index in [1.165, 1.54) is 0 Å². The van der Waals surface area contributed by atoms with Crippen LogP contribution in [0.5, 0.6) is 0 Å². The van der Waals surface area contributed by atoms with Gasteiger partial charge in [0.15, 0.2) is 0 Å². The molecule has 1 aromatic heterocycles. The van der Waals surface area contributed by atoms with E-state index >= 15 is 0 Å². The van der Waals surface area contributed by atoms with Gasteiger partial charge in [0.2, 0.25) is 0 Å². The van der Waals surface area contributed by atoms with Gasteiger partial charge in [0, 0.05) is 18.2 Å². The minimum absolute atomic E-state index is 0.0932. The summed E-state index contributed by atoms with van der Waals surface area (Å²) in [5.74, 6) is 0.837. The first-order valence-corrected chi connectivity index (χ1v) is 6.20. The van der Waals surface area contributed by atoms with Crippen molar-refractivity contribution in [2.75, 3.05) is 18.1 Å². The Bertz CT molecular complexity index is 312. The van der Waals surface area contributed by atoms with Gasteiger partial charge in [-0.2, -0.15) is 0 Å². The Labute approximate surface area is 95.1 Å². The zero-order valence-corrected chi connectivity index (χ0v) is 10.3. The van der Waals surface area contributed by atoms with Crippen molar-refractivity contribution in [1.82, 2.24) is 9.97 Å². The molecule has 1 aromatic rings. The number of nitrogens with one attached hydrogen (secondary N) is 1. The van der Waals surface area contributed by atoms with Crippen LogP contribution in [-0.2, 0) is 0 Å². The Morgan fingerprint density at radius 3 is 2.80 bits per heavy atom. The second-order valence-corrected chi connectivity index (χ2v) is 4.52. The maximum Gasteiger partial charge on any atom is 0.130 e. The van der Waals surface area contributed by atoms with Crippen LogP contribution in [0.3, 0.4) is 0 Å². The molecule has 0 spiro atoms. The number of nitrogens with zero attached hydrogens (tertiary/aromatic N) is 2. The Hall–Kier alpha value is -0.810. The lowest BCUT2D eigenvalue weighted by molar-refractivity contribution is 0.504. The SMILES string of the molecule is CCC(C)(CN)Nc1cc(SC)ncn1. The van der Waals surface area contributed by atoms with Crippen LogP contribution in [-0.4, -0.2) is 28.3 Å². The molecule has 3 N–H and O–H groups in total. The van der Waals surface area contributed by atoms with Gasteiger partial charge < -0.3 is 11.1 Å². The van der Waals surface area contributed by atoms with Crippen LogP contribution >= 0.6 is 11.8 Å². The lowest BCUT2D eigenvalue weighted by Crippen LogP contribution is -2.42. The van der Waals surface area contributed by atoms with Crippen LogP contribution in [0.4, 0.5) is 5.82 Å². The molecule has 4 nitrogen and oxygen atoms in total. The van der Waals surface area contributed by atoms with Crippen LogP contribution in [0, 0.1) is 0 Å². The van der Waals surface area contributed by atoms with E-state index in [2.05, 4.69) is 29.1 Å². The quantitative estimate of drug-likeness (QED) is 0.591. The predicted molar refractivity (Wildman–Crippen MR) is 65.2 cm³/mol. The molecule has 1 atom stereocenters. The molecule has 0 radical (unpaired) electrons. The highest BCUT2D eigenvalue weighted by Gasteiger charge is 2.19. The second-order valence-electron chi connectivity index (χ2n) is 3.69. The normalized spacial score (nSPS) is 14.7. The third-order valence-corrected chi connectivity index (χ3v) is 3.15. The average molecular weight is 226 g/mol. The summed E-state index contributed by atoms with van der Waals surface area (Å²) in [7, 11) is 0. The molecule has 0 aliphatic rings. The largest absolute Gasteiger partial charge is 0.364 e. The fourth-order valence-electron chi connectivity index (χ4n) is 1.11. The fourth-order valence-corrected chi connectivity index (χ4v) is 1.49. The monoisotopic (exact) mass is 226 g/mol. The highest BCUT2D eigenvalue weighted by molar-refractivity contribution is 7.98. The first-order valence-electron chi connectivity index (χ1n) is 4.98. The number of anilines is 1. The summed E-state index contributed by atoms with van der Waals surface area (Å²) in [6.45, 7) is 4.78. The number of aromatic nitrogens is 2. The number of hydrogen-bond acceptors (Lipinski definition) is 5. The van der Waals surface area contributed by atoms with Crippen molar-refractivity contribution >= 4 is 17.6 Å². The Balaban J connectivity index is 2.79. The predicted octanol–water partition coefficient (Wildman–Crippen LogP) is 1.74. The van der Waals surface area contributed by atoms with Crippen molar-refractivity contribution in [1.29, 1.82) is 0 Å².